The first-order valence-electron chi connectivity index (χ1n) is 6.83. The van der Waals surface area contributed by atoms with Crippen LogP contribution in [0.1, 0.15) is 40.0 Å². The van der Waals surface area contributed by atoms with Gasteiger partial charge in [0.1, 0.15) is 6.04 Å². The number of urea groups is 1. The molecular weight excluding hydrogens is 248 g/mol. The maximum absolute atomic E-state index is 11.7. The topological polar surface area (TPSA) is 87.7 Å². The van der Waals surface area contributed by atoms with Crippen LogP contribution in [-0.4, -0.2) is 41.9 Å². The number of aliphatic carboxylic acids is 1. The first kappa shape index (κ1) is 15.8. The number of rotatable bonds is 7. The Morgan fingerprint density at radius 1 is 1.37 bits per heavy atom. The van der Waals surface area contributed by atoms with Crippen LogP contribution in [0, 0.1) is 5.92 Å². The van der Waals surface area contributed by atoms with E-state index in [1.54, 1.807) is 0 Å². The molecule has 3 N–H and O–H groups in total. The van der Waals surface area contributed by atoms with Gasteiger partial charge in [-0.2, -0.15) is 0 Å². The van der Waals surface area contributed by atoms with E-state index < -0.39 is 18.0 Å². The predicted octanol–water partition coefficient (Wildman–Crippen LogP) is 1.35. The molecule has 110 valence electrons. The highest BCUT2D eigenvalue weighted by Gasteiger charge is 2.31. The van der Waals surface area contributed by atoms with Crippen LogP contribution in [-0.2, 0) is 9.53 Å². The molecular formula is C13H24N2O4. The molecule has 0 heterocycles. The van der Waals surface area contributed by atoms with E-state index in [-0.39, 0.29) is 18.1 Å². The van der Waals surface area contributed by atoms with Crippen molar-refractivity contribution in [2.24, 2.45) is 5.92 Å². The summed E-state index contributed by atoms with van der Waals surface area (Å²) in [5, 5.41) is 14.3. The number of amides is 2. The molecule has 6 heteroatoms. The first-order chi connectivity index (χ1) is 8.92. The van der Waals surface area contributed by atoms with Crippen molar-refractivity contribution in [2.75, 3.05) is 6.61 Å². The second kappa shape index (κ2) is 7.33. The van der Waals surface area contributed by atoms with Crippen LogP contribution in [0.25, 0.3) is 0 Å². The molecule has 1 aliphatic rings. The largest absolute Gasteiger partial charge is 0.480 e. The maximum atomic E-state index is 11.7. The van der Waals surface area contributed by atoms with Gasteiger partial charge in [-0.3, -0.25) is 0 Å². The molecule has 1 atom stereocenters. The molecule has 0 radical (unpaired) electrons. The van der Waals surface area contributed by atoms with Crippen LogP contribution in [0.2, 0.25) is 0 Å². The third-order valence-corrected chi connectivity index (χ3v) is 3.14. The molecule has 19 heavy (non-hydrogen) atoms. The van der Waals surface area contributed by atoms with Gasteiger partial charge < -0.3 is 20.5 Å². The third-order valence-electron chi connectivity index (χ3n) is 3.14. The normalized spacial score (nSPS) is 23.6. The van der Waals surface area contributed by atoms with Crippen molar-refractivity contribution < 1.29 is 19.4 Å². The Morgan fingerprint density at radius 3 is 2.47 bits per heavy atom. The minimum absolute atomic E-state index is 0.0880. The molecule has 1 rings (SSSR count). The smallest absolute Gasteiger partial charge is 0.326 e. The van der Waals surface area contributed by atoms with Gasteiger partial charge in [-0.1, -0.05) is 13.8 Å². The fourth-order valence-electron chi connectivity index (χ4n) is 2.13. The summed E-state index contributed by atoms with van der Waals surface area (Å²) >= 11 is 0. The summed E-state index contributed by atoms with van der Waals surface area (Å²) < 4.78 is 5.40. The monoisotopic (exact) mass is 272 g/mol. The van der Waals surface area contributed by atoms with Crippen LogP contribution < -0.4 is 10.6 Å². The summed E-state index contributed by atoms with van der Waals surface area (Å²) in [6.45, 7) is 6.47. The molecule has 0 spiro atoms. The highest BCUT2D eigenvalue weighted by Crippen LogP contribution is 2.23. The molecule has 0 bridgehead atoms. The van der Waals surface area contributed by atoms with E-state index in [1.165, 1.54) is 0 Å². The van der Waals surface area contributed by atoms with Crippen LogP contribution in [0.5, 0.6) is 0 Å². The van der Waals surface area contributed by atoms with Crippen LogP contribution >= 0.6 is 0 Å². The van der Waals surface area contributed by atoms with E-state index in [4.69, 9.17) is 9.84 Å². The lowest BCUT2D eigenvalue weighted by molar-refractivity contribution is -0.139. The Morgan fingerprint density at radius 2 is 2.00 bits per heavy atom. The fourth-order valence-corrected chi connectivity index (χ4v) is 2.13. The van der Waals surface area contributed by atoms with Crippen LogP contribution in [0.3, 0.4) is 0 Å². The number of ether oxygens (including phenoxy) is 1. The van der Waals surface area contributed by atoms with Gasteiger partial charge in [-0.25, -0.2) is 9.59 Å². The molecule has 0 aromatic rings. The van der Waals surface area contributed by atoms with Crippen LogP contribution in [0.15, 0.2) is 0 Å². The molecule has 1 saturated carbocycles. The molecule has 2 amide bonds. The zero-order valence-electron chi connectivity index (χ0n) is 11.8. The minimum atomic E-state index is -0.996. The standard InChI is InChI=1S/C13H24N2O4/c1-4-19-10-6-9(7-10)14-13(18)15-11(12(16)17)5-8(2)3/h8-11H,4-7H2,1-3H3,(H,16,17)(H2,14,15,18). The summed E-state index contributed by atoms with van der Waals surface area (Å²) in [4.78, 5) is 22.7. The number of carboxylic acid groups (broad SMARTS) is 1. The summed E-state index contributed by atoms with van der Waals surface area (Å²) in [7, 11) is 0. The van der Waals surface area contributed by atoms with E-state index in [0.29, 0.717) is 13.0 Å². The van der Waals surface area contributed by atoms with E-state index in [1.807, 2.05) is 20.8 Å². The summed E-state index contributed by atoms with van der Waals surface area (Å²) in [6.07, 6.45) is 2.24. The second-order valence-corrected chi connectivity index (χ2v) is 5.38. The van der Waals surface area contributed by atoms with Gasteiger partial charge in [0.05, 0.1) is 6.10 Å². The number of carbonyl (C=O) groups excluding carboxylic acids is 1. The fraction of sp³-hybridized carbons (Fsp3) is 0.846. The van der Waals surface area contributed by atoms with Gasteiger partial charge in [0, 0.05) is 12.6 Å². The molecule has 0 aromatic carbocycles. The van der Waals surface area contributed by atoms with Crippen molar-refractivity contribution in [3.8, 4) is 0 Å². The molecule has 1 unspecified atom stereocenters. The molecule has 0 aliphatic heterocycles. The average molecular weight is 272 g/mol. The van der Waals surface area contributed by atoms with Crippen molar-refractivity contribution in [3.05, 3.63) is 0 Å². The molecule has 6 nitrogen and oxygen atoms in total. The minimum Gasteiger partial charge on any atom is -0.480 e. The Labute approximate surface area is 113 Å². The zero-order valence-corrected chi connectivity index (χ0v) is 11.8. The number of hydrogen-bond acceptors (Lipinski definition) is 3. The second-order valence-electron chi connectivity index (χ2n) is 5.38. The van der Waals surface area contributed by atoms with Gasteiger partial charge in [-0.05, 0) is 32.1 Å². The van der Waals surface area contributed by atoms with Crippen molar-refractivity contribution in [1.82, 2.24) is 10.6 Å². The lowest BCUT2D eigenvalue weighted by atomic mass is 9.89. The summed E-state index contributed by atoms with van der Waals surface area (Å²) in [5.74, 6) is -0.780. The lowest BCUT2D eigenvalue weighted by Gasteiger charge is -2.35. The van der Waals surface area contributed by atoms with Gasteiger partial charge in [0.2, 0.25) is 0 Å². The highest BCUT2D eigenvalue weighted by atomic mass is 16.5. The zero-order chi connectivity index (χ0) is 14.4. The molecule has 0 saturated heterocycles. The van der Waals surface area contributed by atoms with E-state index in [2.05, 4.69) is 10.6 Å². The molecule has 0 aromatic heterocycles. The Balaban J connectivity index is 2.28. The number of carboxylic acids is 1. The quantitative estimate of drug-likeness (QED) is 0.653. The Hall–Kier alpha value is -1.30. The third kappa shape index (κ3) is 5.46. The van der Waals surface area contributed by atoms with Gasteiger partial charge in [-0.15, -0.1) is 0 Å². The maximum Gasteiger partial charge on any atom is 0.326 e. The average Bonchev–Trinajstić information content (AvgIpc) is 2.24. The lowest BCUT2D eigenvalue weighted by Crippen LogP contribution is -2.54. The van der Waals surface area contributed by atoms with Gasteiger partial charge in [0.15, 0.2) is 0 Å². The van der Waals surface area contributed by atoms with Gasteiger partial charge >= 0.3 is 12.0 Å². The SMILES string of the molecule is CCOC1CC(NC(=O)NC(CC(C)C)C(=O)O)C1. The van der Waals surface area contributed by atoms with Gasteiger partial charge in [0.25, 0.3) is 0 Å². The van der Waals surface area contributed by atoms with E-state index in [9.17, 15) is 9.59 Å². The van der Waals surface area contributed by atoms with Crippen molar-refractivity contribution in [3.63, 3.8) is 0 Å². The molecule has 1 fully saturated rings. The number of hydrogen-bond donors (Lipinski definition) is 3. The summed E-state index contributed by atoms with van der Waals surface area (Å²) in [5.41, 5.74) is 0. The Bertz CT molecular complexity index is 314. The first-order valence-corrected chi connectivity index (χ1v) is 6.83. The van der Waals surface area contributed by atoms with Crippen molar-refractivity contribution in [2.45, 2.75) is 58.2 Å². The van der Waals surface area contributed by atoms with E-state index >= 15 is 0 Å². The highest BCUT2D eigenvalue weighted by molar-refractivity contribution is 5.82. The van der Waals surface area contributed by atoms with E-state index in [0.717, 1.165) is 12.8 Å². The van der Waals surface area contributed by atoms with Crippen molar-refractivity contribution >= 4 is 12.0 Å². The molecule has 1 aliphatic carbocycles. The predicted molar refractivity (Wildman–Crippen MR) is 71.0 cm³/mol. The number of carbonyl (C=O) groups is 2. The number of nitrogens with one attached hydrogen (secondary N) is 2. The van der Waals surface area contributed by atoms with Crippen LogP contribution in [0.4, 0.5) is 4.79 Å². The van der Waals surface area contributed by atoms with Crippen molar-refractivity contribution in [1.29, 1.82) is 0 Å². The Kier molecular flexibility index (Phi) is 6.08. The summed E-state index contributed by atoms with van der Waals surface area (Å²) in [6, 6.07) is -1.15.